The van der Waals surface area contributed by atoms with Crippen molar-refractivity contribution < 1.29 is 0 Å². The summed E-state index contributed by atoms with van der Waals surface area (Å²) in [5.41, 5.74) is 9.45. The highest BCUT2D eigenvalue weighted by Crippen LogP contribution is 2.13. The molecule has 0 heterocycles. The lowest BCUT2D eigenvalue weighted by Gasteiger charge is -2.30. The zero-order chi connectivity index (χ0) is 19.6. The first kappa shape index (κ1) is 21.2. The largest absolute Gasteiger partial charge is 0.377 e. The average molecular weight is 383 g/mol. The van der Waals surface area contributed by atoms with E-state index in [2.05, 4.69) is 79.2 Å². The fourth-order valence-corrected chi connectivity index (χ4v) is 3.41. The predicted molar refractivity (Wildman–Crippen MR) is 119 cm³/mol. The van der Waals surface area contributed by atoms with Crippen LogP contribution >= 0.6 is 11.8 Å². The van der Waals surface area contributed by atoms with E-state index in [1.807, 2.05) is 18.2 Å². The third-order valence-corrected chi connectivity index (χ3v) is 5.12. The van der Waals surface area contributed by atoms with Crippen LogP contribution in [-0.4, -0.2) is 28.4 Å². The number of amidine groups is 1. The van der Waals surface area contributed by atoms with Gasteiger partial charge in [0.05, 0.1) is 6.21 Å². The lowest BCUT2D eigenvalue weighted by atomic mass is 10.1. The van der Waals surface area contributed by atoms with Crippen molar-refractivity contribution in [1.82, 2.24) is 4.90 Å². The Bertz CT molecular complexity index is 729. The van der Waals surface area contributed by atoms with Gasteiger partial charge in [-0.3, -0.25) is 4.90 Å². The van der Waals surface area contributed by atoms with E-state index in [0.29, 0.717) is 17.3 Å². The zero-order valence-corrected chi connectivity index (χ0v) is 17.5. The van der Waals surface area contributed by atoms with Crippen LogP contribution in [0, 0.1) is 0 Å². The first-order chi connectivity index (χ1) is 13.0. The van der Waals surface area contributed by atoms with Gasteiger partial charge in [-0.1, -0.05) is 66.4 Å². The van der Waals surface area contributed by atoms with Crippen molar-refractivity contribution in [3.8, 4) is 0 Å². The second-order valence-corrected chi connectivity index (χ2v) is 8.05. The van der Waals surface area contributed by atoms with Crippen molar-refractivity contribution in [2.75, 3.05) is 0 Å². The molecule has 27 heavy (non-hydrogen) atoms. The molecule has 0 fully saturated rings. The number of nitrogens with two attached hydrogens (primary N) is 1. The predicted octanol–water partition coefficient (Wildman–Crippen LogP) is 4.89. The Morgan fingerprint density at radius 2 is 1.59 bits per heavy atom. The van der Waals surface area contributed by atoms with Crippen LogP contribution in [0.1, 0.15) is 44.4 Å². The number of rotatable bonds is 8. The molecule has 0 spiro atoms. The van der Waals surface area contributed by atoms with Crippen molar-refractivity contribution in [1.29, 1.82) is 0 Å². The molecule has 2 aromatic rings. The normalized spacial score (nSPS) is 12.6. The first-order valence-electron chi connectivity index (χ1n) is 9.33. The maximum Gasteiger partial charge on any atom is 0.180 e. The minimum Gasteiger partial charge on any atom is -0.377 e. The van der Waals surface area contributed by atoms with Crippen LogP contribution in [0.3, 0.4) is 0 Å². The fourth-order valence-electron chi connectivity index (χ4n) is 2.79. The summed E-state index contributed by atoms with van der Waals surface area (Å²) in [6.45, 7) is 9.89. The molecule has 0 aromatic heterocycles. The summed E-state index contributed by atoms with van der Waals surface area (Å²) < 4.78 is 0. The van der Waals surface area contributed by atoms with Crippen molar-refractivity contribution in [3.05, 3.63) is 71.3 Å². The topological polar surface area (TPSA) is 54.0 Å². The summed E-state index contributed by atoms with van der Waals surface area (Å²) >= 11 is 1.49. The first-order valence-corrected chi connectivity index (χ1v) is 10.3. The van der Waals surface area contributed by atoms with Gasteiger partial charge in [0.25, 0.3) is 0 Å². The van der Waals surface area contributed by atoms with E-state index in [1.54, 1.807) is 6.21 Å². The highest BCUT2D eigenvalue weighted by molar-refractivity contribution is 8.13. The molecule has 2 aromatic carbocycles. The second-order valence-electron chi connectivity index (χ2n) is 7.06. The average Bonchev–Trinajstić information content (AvgIpc) is 2.66. The van der Waals surface area contributed by atoms with Gasteiger partial charge in [-0.05, 0) is 44.4 Å². The summed E-state index contributed by atoms with van der Waals surface area (Å²) in [5, 5.41) is 8.65. The summed E-state index contributed by atoms with van der Waals surface area (Å²) in [7, 11) is 0. The Morgan fingerprint density at radius 1 is 0.963 bits per heavy atom. The van der Waals surface area contributed by atoms with E-state index in [4.69, 9.17) is 5.73 Å². The summed E-state index contributed by atoms with van der Waals surface area (Å²) in [4.78, 5) is 2.47. The van der Waals surface area contributed by atoms with Crippen molar-refractivity contribution in [2.24, 2.45) is 15.9 Å². The second kappa shape index (κ2) is 10.9. The van der Waals surface area contributed by atoms with Gasteiger partial charge in [0, 0.05) is 24.4 Å². The molecule has 2 rings (SSSR count). The SMILES string of the molecule is CC(C)N(Cc1ccc(C=NN=C(N)SCc2ccccc2)cc1)C(C)C. The molecule has 4 nitrogen and oxygen atoms in total. The van der Waals surface area contributed by atoms with E-state index >= 15 is 0 Å². The molecule has 2 N–H and O–H groups in total. The molecule has 144 valence electrons. The minimum atomic E-state index is 0.469. The third kappa shape index (κ3) is 7.57. The molecule has 0 bridgehead atoms. The van der Waals surface area contributed by atoms with Crippen molar-refractivity contribution in [3.63, 3.8) is 0 Å². The Morgan fingerprint density at radius 3 is 2.19 bits per heavy atom. The van der Waals surface area contributed by atoms with E-state index in [1.165, 1.54) is 22.9 Å². The van der Waals surface area contributed by atoms with Crippen LogP contribution in [0.5, 0.6) is 0 Å². The van der Waals surface area contributed by atoms with Gasteiger partial charge in [0.1, 0.15) is 0 Å². The highest BCUT2D eigenvalue weighted by atomic mass is 32.2. The van der Waals surface area contributed by atoms with E-state index in [0.717, 1.165) is 17.9 Å². The maximum atomic E-state index is 5.91. The van der Waals surface area contributed by atoms with Crippen LogP contribution in [-0.2, 0) is 12.3 Å². The van der Waals surface area contributed by atoms with Crippen LogP contribution in [0.4, 0.5) is 0 Å². The van der Waals surface area contributed by atoms with Gasteiger partial charge in [-0.15, -0.1) is 5.10 Å². The molecule has 0 aliphatic rings. The Balaban J connectivity index is 1.87. The number of thioether (sulfide) groups is 1. The summed E-state index contributed by atoms with van der Waals surface area (Å²) in [6.07, 6.45) is 1.74. The van der Waals surface area contributed by atoms with Crippen LogP contribution in [0.2, 0.25) is 0 Å². The van der Waals surface area contributed by atoms with Gasteiger partial charge < -0.3 is 5.73 Å². The van der Waals surface area contributed by atoms with Gasteiger partial charge in [-0.25, -0.2) is 0 Å². The molecule has 0 aliphatic heterocycles. The molecule has 0 aliphatic carbocycles. The van der Waals surface area contributed by atoms with E-state index < -0.39 is 0 Å². The lowest BCUT2D eigenvalue weighted by molar-refractivity contribution is 0.166. The monoisotopic (exact) mass is 382 g/mol. The van der Waals surface area contributed by atoms with Gasteiger partial charge in [-0.2, -0.15) is 5.10 Å². The van der Waals surface area contributed by atoms with E-state index in [9.17, 15) is 0 Å². The number of hydrogen-bond donors (Lipinski definition) is 1. The maximum absolute atomic E-state index is 5.91. The van der Waals surface area contributed by atoms with Crippen molar-refractivity contribution in [2.45, 2.75) is 52.1 Å². The van der Waals surface area contributed by atoms with Crippen LogP contribution < -0.4 is 5.73 Å². The van der Waals surface area contributed by atoms with E-state index in [-0.39, 0.29) is 0 Å². The zero-order valence-electron chi connectivity index (χ0n) is 16.7. The lowest BCUT2D eigenvalue weighted by Crippen LogP contribution is -2.36. The molecule has 5 heteroatoms. The number of nitrogens with zero attached hydrogens (tertiary/aromatic N) is 3. The quantitative estimate of drug-likeness (QED) is 0.402. The van der Waals surface area contributed by atoms with Gasteiger partial charge in [0.15, 0.2) is 5.17 Å². The molecular weight excluding hydrogens is 352 g/mol. The minimum absolute atomic E-state index is 0.469. The molecular formula is C22H30N4S. The number of hydrogen-bond acceptors (Lipinski definition) is 4. The standard InChI is InChI=1S/C22H30N4S/c1-17(2)26(18(3)4)15-20-12-10-19(11-13-20)14-24-25-22(23)27-16-21-8-6-5-7-9-21/h5-14,17-18H,15-16H2,1-4H3,(H2,23,25). The van der Waals surface area contributed by atoms with Crippen molar-refractivity contribution >= 4 is 23.1 Å². The van der Waals surface area contributed by atoms with Gasteiger partial charge in [0.2, 0.25) is 0 Å². The molecule has 0 saturated heterocycles. The summed E-state index contributed by atoms with van der Waals surface area (Å²) in [6, 6.07) is 19.7. The smallest absolute Gasteiger partial charge is 0.180 e. The molecule has 0 atom stereocenters. The molecule has 0 unspecified atom stereocenters. The summed E-state index contributed by atoms with van der Waals surface area (Å²) in [5.74, 6) is 0.794. The molecule has 0 radical (unpaired) electrons. The Kier molecular flexibility index (Phi) is 8.55. The van der Waals surface area contributed by atoms with Gasteiger partial charge >= 0.3 is 0 Å². The van der Waals surface area contributed by atoms with Crippen LogP contribution in [0.15, 0.2) is 64.8 Å². The fraction of sp³-hybridized carbons (Fsp3) is 0.364. The molecule has 0 amide bonds. The number of benzene rings is 2. The Labute approximate surface area is 167 Å². The van der Waals surface area contributed by atoms with Crippen LogP contribution in [0.25, 0.3) is 0 Å². The highest BCUT2D eigenvalue weighted by Gasteiger charge is 2.13. The third-order valence-electron chi connectivity index (χ3n) is 4.26. The molecule has 0 saturated carbocycles. The Hall–Kier alpha value is -2.11.